The molecule has 1 atom stereocenters. The number of sulfone groups is 1. The van der Waals surface area contributed by atoms with Crippen LogP contribution >= 0.6 is 11.6 Å². The van der Waals surface area contributed by atoms with Gasteiger partial charge in [0.15, 0.2) is 9.84 Å². The minimum Gasteiger partial charge on any atom is -0.495 e. The van der Waals surface area contributed by atoms with Crippen LogP contribution in [0.4, 0.5) is 10.5 Å². The number of benzene rings is 3. The van der Waals surface area contributed by atoms with Gasteiger partial charge < -0.3 is 20.3 Å². The number of ether oxygens (including phenoxy) is 1. The van der Waals surface area contributed by atoms with Crippen LogP contribution in [0.1, 0.15) is 40.8 Å². The summed E-state index contributed by atoms with van der Waals surface area (Å²) in [6, 6.07) is 15.4. The summed E-state index contributed by atoms with van der Waals surface area (Å²) in [5, 5.41) is 6.77. The van der Waals surface area contributed by atoms with E-state index >= 15 is 0 Å². The van der Waals surface area contributed by atoms with Crippen molar-refractivity contribution in [3.05, 3.63) is 87.4 Å². The molecule has 0 aromatic heterocycles. The Kier molecular flexibility index (Phi) is 8.11. The van der Waals surface area contributed by atoms with Crippen LogP contribution in [0.5, 0.6) is 5.75 Å². The smallest absolute Gasteiger partial charge is 0.322 e. The van der Waals surface area contributed by atoms with Crippen molar-refractivity contribution in [1.29, 1.82) is 0 Å². The summed E-state index contributed by atoms with van der Waals surface area (Å²) in [7, 11) is -0.504. The molecule has 1 aliphatic rings. The van der Waals surface area contributed by atoms with Gasteiger partial charge in [-0.2, -0.15) is 0 Å². The van der Waals surface area contributed by atoms with Gasteiger partial charge in [-0.15, -0.1) is 0 Å². The lowest BCUT2D eigenvalue weighted by Gasteiger charge is -2.27. The van der Waals surface area contributed by atoms with Crippen molar-refractivity contribution >= 4 is 33.2 Å². The summed E-state index contributed by atoms with van der Waals surface area (Å²) in [5.74, 6) is 0.153. The average Bonchev–Trinajstić information content (AvgIpc) is 2.89. The normalized spacial score (nSPS) is 14.0. The second-order valence-electron chi connectivity index (χ2n) is 9.35. The molecule has 1 unspecified atom stereocenters. The number of rotatable bonds is 7. The summed E-state index contributed by atoms with van der Waals surface area (Å²) in [5.41, 5.74) is 5.30. The molecule has 0 saturated heterocycles. The number of nitrogens with one attached hydrogen (secondary N) is 2. The number of anilines is 1. The van der Waals surface area contributed by atoms with Crippen molar-refractivity contribution in [2.45, 2.75) is 43.5 Å². The van der Waals surface area contributed by atoms with Crippen LogP contribution < -0.4 is 15.4 Å². The molecule has 2 N–H and O–H groups in total. The highest BCUT2D eigenvalue weighted by molar-refractivity contribution is 7.90. The van der Waals surface area contributed by atoms with Crippen molar-refractivity contribution in [3.8, 4) is 5.75 Å². The molecule has 3 aromatic rings. The van der Waals surface area contributed by atoms with Gasteiger partial charge in [0.25, 0.3) is 0 Å². The van der Waals surface area contributed by atoms with Gasteiger partial charge in [-0.1, -0.05) is 48.0 Å². The van der Waals surface area contributed by atoms with Crippen molar-refractivity contribution < 1.29 is 17.9 Å². The zero-order chi connectivity index (χ0) is 26.7. The Bertz CT molecular complexity index is 1420. The third-order valence-corrected chi connectivity index (χ3v) is 9.06. The number of amides is 2. The Labute approximate surface area is 223 Å². The highest BCUT2D eigenvalue weighted by Gasteiger charge is 2.23. The molecule has 0 fully saturated rings. The predicted molar refractivity (Wildman–Crippen MR) is 147 cm³/mol. The number of aryl methyl sites for hydroxylation is 1. The molecule has 0 aliphatic carbocycles. The number of carbonyl (C=O) groups excluding carboxylic acids is 1. The zero-order valence-corrected chi connectivity index (χ0v) is 23.0. The standard InChI is InChI=1S/C28H32ClN3O4S/c1-18-6-5-7-24(27(18)29)19(2)32(3)28(33)31-25-11-10-23(15-26(25)36-4)37(34,35)17-20-8-9-22-16-30-13-12-21(22)14-20/h5-11,14-15,19,30H,12-13,16-17H2,1-4H3,(H,31,33). The fourth-order valence-corrected chi connectivity index (χ4v) is 6.10. The molecule has 1 heterocycles. The van der Waals surface area contributed by atoms with E-state index in [4.69, 9.17) is 16.3 Å². The van der Waals surface area contributed by atoms with Crippen LogP contribution in [-0.4, -0.2) is 40.1 Å². The van der Waals surface area contributed by atoms with E-state index in [9.17, 15) is 13.2 Å². The lowest BCUT2D eigenvalue weighted by molar-refractivity contribution is 0.208. The van der Waals surface area contributed by atoms with E-state index in [1.807, 2.05) is 50.2 Å². The first-order valence-corrected chi connectivity index (χ1v) is 14.1. The third-order valence-electron chi connectivity index (χ3n) is 6.86. The minimum absolute atomic E-state index is 0.111. The second kappa shape index (κ2) is 11.1. The maximum atomic E-state index is 13.2. The van der Waals surface area contributed by atoms with E-state index in [1.165, 1.54) is 35.3 Å². The first kappa shape index (κ1) is 27.0. The third kappa shape index (κ3) is 5.92. The number of carbonyl (C=O) groups is 1. The van der Waals surface area contributed by atoms with E-state index in [2.05, 4.69) is 10.6 Å². The van der Waals surface area contributed by atoms with Crippen LogP contribution in [-0.2, 0) is 28.6 Å². The van der Waals surface area contributed by atoms with Crippen molar-refractivity contribution in [3.63, 3.8) is 0 Å². The van der Waals surface area contributed by atoms with Gasteiger partial charge in [0.1, 0.15) is 5.75 Å². The summed E-state index contributed by atoms with van der Waals surface area (Å²) >= 11 is 6.46. The topological polar surface area (TPSA) is 87.7 Å². The van der Waals surface area contributed by atoms with Crippen LogP contribution in [0.25, 0.3) is 0 Å². The Morgan fingerprint density at radius 3 is 2.70 bits per heavy atom. The number of methoxy groups -OCH3 is 1. The summed E-state index contributed by atoms with van der Waals surface area (Å²) in [4.78, 5) is 14.7. The molecule has 3 aromatic carbocycles. The molecule has 1 aliphatic heterocycles. The molecule has 196 valence electrons. The van der Waals surface area contributed by atoms with Crippen LogP contribution in [0.15, 0.2) is 59.5 Å². The molecule has 0 saturated carbocycles. The minimum atomic E-state index is -3.63. The van der Waals surface area contributed by atoms with Gasteiger partial charge >= 0.3 is 6.03 Å². The maximum Gasteiger partial charge on any atom is 0.322 e. The molecule has 37 heavy (non-hydrogen) atoms. The highest BCUT2D eigenvalue weighted by Crippen LogP contribution is 2.32. The van der Waals surface area contributed by atoms with Gasteiger partial charge in [-0.25, -0.2) is 13.2 Å². The molecular formula is C28H32ClN3O4S. The average molecular weight is 542 g/mol. The molecule has 9 heteroatoms. The van der Waals surface area contributed by atoms with Gasteiger partial charge in [0.05, 0.1) is 29.5 Å². The number of nitrogens with zero attached hydrogens (tertiary/aromatic N) is 1. The predicted octanol–water partition coefficient (Wildman–Crippen LogP) is 5.50. The molecule has 0 spiro atoms. The Balaban J connectivity index is 1.50. The fraction of sp³-hybridized carbons (Fsp3) is 0.321. The maximum absolute atomic E-state index is 13.2. The van der Waals surface area contributed by atoms with Gasteiger partial charge in [0.2, 0.25) is 0 Å². The van der Waals surface area contributed by atoms with E-state index in [1.54, 1.807) is 13.1 Å². The lowest BCUT2D eigenvalue weighted by atomic mass is 9.99. The Morgan fingerprint density at radius 1 is 1.16 bits per heavy atom. The SMILES string of the molecule is COc1cc(S(=O)(=O)Cc2ccc3c(c2)CCNC3)ccc1NC(=O)N(C)C(C)c1cccc(C)c1Cl. The Hall–Kier alpha value is -3.07. The van der Waals surface area contributed by atoms with Gasteiger partial charge in [-0.3, -0.25) is 0 Å². The molecule has 4 rings (SSSR count). The summed E-state index contributed by atoms with van der Waals surface area (Å²) in [6.45, 7) is 5.50. The second-order valence-corrected chi connectivity index (χ2v) is 11.7. The van der Waals surface area contributed by atoms with Crippen LogP contribution in [0, 0.1) is 6.92 Å². The lowest BCUT2D eigenvalue weighted by Crippen LogP contribution is -2.33. The van der Waals surface area contributed by atoms with Crippen LogP contribution in [0.3, 0.4) is 0 Å². The van der Waals surface area contributed by atoms with E-state index < -0.39 is 9.84 Å². The zero-order valence-electron chi connectivity index (χ0n) is 21.5. The molecular weight excluding hydrogens is 510 g/mol. The summed E-state index contributed by atoms with van der Waals surface area (Å²) in [6.07, 6.45) is 0.884. The quantitative estimate of drug-likeness (QED) is 0.412. The highest BCUT2D eigenvalue weighted by atomic mass is 35.5. The molecule has 0 radical (unpaired) electrons. The molecule has 0 bridgehead atoms. The number of halogens is 1. The number of hydrogen-bond donors (Lipinski definition) is 2. The van der Waals surface area contributed by atoms with Crippen molar-refractivity contribution in [2.75, 3.05) is 26.0 Å². The first-order valence-electron chi connectivity index (χ1n) is 12.1. The monoisotopic (exact) mass is 541 g/mol. The number of hydrogen-bond acceptors (Lipinski definition) is 5. The number of urea groups is 1. The summed E-state index contributed by atoms with van der Waals surface area (Å²) < 4.78 is 31.9. The molecule has 7 nitrogen and oxygen atoms in total. The van der Waals surface area contributed by atoms with E-state index in [0.717, 1.165) is 36.2 Å². The largest absolute Gasteiger partial charge is 0.495 e. The Morgan fingerprint density at radius 2 is 1.95 bits per heavy atom. The van der Waals surface area contributed by atoms with Crippen LogP contribution in [0.2, 0.25) is 5.02 Å². The first-order chi connectivity index (χ1) is 17.6. The fourth-order valence-electron chi connectivity index (χ4n) is 4.47. The number of fused-ring (bicyclic) bond motifs is 1. The van der Waals surface area contributed by atoms with Crippen molar-refractivity contribution in [2.24, 2.45) is 0 Å². The van der Waals surface area contributed by atoms with Gasteiger partial charge in [0, 0.05) is 24.7 Å². The molecule has 2 amide bonds. The van der Waals surface area contributed by atoms with Gasteiger partial charge in [-0.05, 0) is 66.8 Å². The van der Waals surface area contributed by atoms with E-state index in [0.29, 0.717) is 10.7 Å². The van der Waals surface area contributed by atoms with E-state index in [-0.39, 0.29) is 28.5 Å². The van der Waals surface area contributed by atoms with Crippen molar-refractivity contribution in [1.82, 2.24) is 10.2 Å².